The largest absolute Gasteiger partial charge is 0.364 e. The summed E-state index contributed by atoms with van der Waals surface area (Å²) in [5.74, 6) is 1.02. The molecule has 51 heavy (non-hydrogen) atoms. The average molecular weight is 702 g/mol. The van der Waals surface area contributed by atoms with Crippen molar-refractivity contribution < 1.29 is 4.79 Å². The lowest BCUT2D eigenvalue weighted by Crippen LogP contribution is -2.34. The number of hydrazine groups is 1. The molecule has 3 fully saturated rings. The Bertz CT molecular complexity index is 2250. The standard InChI is InChI=1S/C38H40ClN11O/c1-23-5-2-6-25(15-23)30-18-43-34(36-45-29(21-49(30)36)26-7-3-13-40-17-26)47-48-37(51)31-19-42-33(46-32-16-38(32)12-4-14-41-22-38)35-44-28(20-50(31)35)24-8-10-27(39)11-9-24/h2,5-6,8-11,15,18-21,26,32,40-41H,3-4,7,12-14,16-17,22H2,1H3,(H,42,46)(H,43,47)(H,48,51)/t26-,32?,38?/m0/s1. The molecular weight excluding hydrogens is 662 g/mol. The molecule has 6 aromatic rings. The van der Waals surface area contributed by atoms with E-state index in [0.29, 0.717) is 51.3 Å². The van der Waals surface area contributed by atoms with E-state index in [1.165, 1.54) is 12.8 Å². The van der Waals surface area contributed by atoms with E-state index >= 15 is 0 Å². The molecule has 3 aliphatic rings. The first-order valence-electron chi connectivity index (χ1n) is 17.8. The van der Waals surface area contributed by atoms with E-state index in [1.807, 2.05) is 42.7 Å². The third-order valence-electron chi connectivity index (χ3n) is 10.7. The van der Waals surface area contributed by atoms with Crippen LogP contribution in [0.5, 0.6) is 0 Å². The van der Waals surface area contributed by atoms with Gasteiger partial charge in [0.15, 0.2) is 22.9 Å². The second-order valence-electron chi connectivity index (χ2n) is 14.2. The van der Waals surface area contributed by atoms with Crippen molar-refractivity contribution in [1.29, 1.82) is 0 Å². The molecule has 2 unspecified atom stereocenters. The summed E-state index contributed by atoms with van der Waals surface area (Å²) >= 11 is 6.19. The summed E-state index contributed by atoms with van der Waals surface area (Å²) in [6.45, 7) is 6.05. The molecule has 2 aromatic carbocycles. The molecule has 2 aliphatic heterocycles. The van der Waals surface area contributed by atoms with Crippen LogP contribution in [-0.4, -0.2) is 66.9 Å². The molecule has 260 valence electrons. The van der Waals surface area contributed by atoms with Crippen molar-refractivity contribution in [2.45, 2.75) is 51.0 Å². The summed E-state index contributed by atoms with van der Waals surface area (Å²) in [6, 6.07) is 16.2. The Labute approximate surface area is 300 Å². The Morgan fingerprint density at radius 2 is 1.78 bits per heavy atom. The summed E-state index contributed by atoms with van der Waals surface area (Å²) in [6.07, 6.45) is 13.0. The van der Waals surface area contributed by atoms with Gasteiger partial charge in [-0.3, -0.25) is 24.4 Å². The quantitative estimate of drug-likeness (QED) is 0.124. The number of hydrogen-bond acceptors (Lipinski definition) is 9. The molecule has 1 spiro atoms. The van der Waals surface area contributed by atoms with E-state index in [4.69, 9.17) is 31.5 Å². The second kappa shape index (κ2) is 12.9. The highest BCUT2D eigenvalue weighted by molar-refractivity contribution is 6.30. The Morgan fingerprint density at radius 3 is 2.59 bits per heavy atom. The van der Waals surface area contributed by atoms with Crippen molar-refractivity contribution in [2.24, 2.45) is 5.41 Å². The van der Waals surface area contributed by atoms with Gasteiger partial charge in [0.05, 0.1) is 29.5 Å². The van der Waals surface area contributed by atoms with Gasteiger partial charge in [-0.1, -0.05) is 47.5 Å². The highest BCUT2D eigenvalue weighted by atomic mass is 35.5. The Hall–Kier alpha value is -5.04. The van der Waals surface area contributed by atoms with Gasteiger partial charge in [0.2, 0.25) is 0 Å². The van der Waals surface area contributed by atoms with Gasteiger partial charge in [-0.05, 0) is 70.3 Å². The van der Waals surface area contributed by atoms with E-state index in [-0.39, 0.29) is 11.3 Å². The number of aromatic nitrogens is 6. The summed E-state index contributed by atoms with van der Waals surface area (Å²) < 4.78 is 3.87. The minimum absolute atomic E-state index is 0.246. The highest BCUT2D eigenvalue weighted by Gasteiger charge is 2.54. The Morgan fingerprint density at radius 1 is 0.941 bits per heavy atom. The van der Waals surface area contributed by atoms with Gasteiger partial charge in [0.25, 0.3) is 5.91 Å². The van der Waals surface area contributed by atoms with Crippen LogP contribution < -0.4 is 26.8 Å². The zero-order chi connectivity index (χ0) is 34.5. The van der Waals surface area contributed by atoms with Gasteiger partial charge >= 0.3 is 0 Å². The van der Waals surface area contributed by atoms with Gasteiger partial charge in [0.1, 0.15) is 5.69 Å². The molecule has 12 nitrogen and oxygen atoms in total. The summed E-state index contributed by atoms with van der Waals surface area (Å²) in [5.41, 5.74) is 13.5. The Kier molecular flexibility index (Phi) is 8.09. The number of nitrogens with zero attached hydrogens (tertiary/aromatic N) is 6. The molecule has 2 saturated heterocycles. The number of benzene rings is 2. The number of imidazole rings is 2. The number of fused-ring (bicyclic) bond motifs is 2. The van der Waals surface area contributed by atoms with E-state index in [1.54, 1.807) is 10.6 Å². The number of carbonyl (C=O) groups excluding carboxylic acids is 1. The first-order chi connectivity index (χ1) is 24.9. The fraction of sp³-hybridized carbons (Fsp3) is 0.342. The van der Waals surface area contributed by atoms with E-state index in [9.17, 15) is 4.79 Å². The van der Waals surface area contributed by atoms with Crippen LogP contribution in [0.3, 0.4) is 0 Å². The number of carbonyl (C=O) groups is 1. The van der Waals surface area contributed by atoms with Crippen molar-refractivity contribution >= 4 is 40.4 Å². The van der Waals surface area contributed by atoms with Crippen LogP contribution in [0.1, 0.15) is 59.8 Å². The van der Waals surface area contributed by atoms with Crippen LogP contribution in [0, 0.1) is 12.3 Å². The number of halogens is 1. The lowest BCUT2D eigenvalue weighted by Gasteiger charge is -2.23. The van der Waals surface area contributed by atoms with Gasteiger partial charge in [-0.25, -0.2) is 19.9 Å². The summed E-state index contributed by atoms with van der Waals surface area (Å²) in [7, 11) is 0. The van der Waals surface area contributed by atoms with E-state index < -0.39 is 0 Å². The third kappa shape index (κ3) is 6.07. The predicted octanol–water partition coefficient (Wildman–Crippen LogP) is 5.85. The maximum atomic E-state index is 14.0. The normalized spacial score (nSPS) is 21.6. The topological polar surface area (TPSA) is 138 Å². The van der Waals surface area contributed by atoms with E-state index in [2.05, 4.69) is 62.5 Å². The first-order valence-corrected chi connectivity index (χ1v) is 18.2. The molecule has 13 heteroatoms. The van der Waals surface area contributed by atoms with Crippen LogP contribution in [0.25, 0.3) is 33.8 Å². The van der Waals surface area contributed by atoms with Crippen molar-refractivity contribution in [3.63, 3.8) is 0 Å². The fourth-order valence-electron chi connectivity index (χ4n) is 7.77. The monoisotopic (exact) mass is 701 g/mol. The number of nitrogens with one attached hydrogen (secondary N) is 5. The molecule has 5 N–H and O–H groups in total. The zero-order valence-corrected chi connectivity index (χ0v) is 29.2. The number of aryl methyl sites for hydroxylation is 1. The molecule has 0 radical (unpaired) electrons. The molecule has 3 atom stereocenters. The number of anilines is 2. The smallest absolute Gasteiger partial charge is 0.288 e. The van der Waals surface area contributed by atoms with Gasteiger partial charge < -0.3 is 16.0 Å². The maximum Gasteiger partial charge on any atom is 0.288 e. The van der Waals surface area contributed by atoms with Crippen molar-refractivity contribution in [2.75, 3.05) is 36.9 Å². The molecular formula is C38H40ClN11O. The van der Waals surface area contributed by atoms with Crippen LogP contribution >= 0.6 is 11.6 Å². The first kappa shape index (κ1) is 31.9. The lowest BCUT2D eigenvalue weighted by atomic mass is 9.96. The molecule has 4 aromatic heterocycles. The molecule has 0 bridgehead atoms. The summed E-state index contributed by atoms with van der Waals surface area (Å²) in [5, 5.41) is 11.4. The maximum absolute atomic E-state index is 14.0. The minimum atomic E-state index is -0.385. The van der Waals surface area contributed by atoms with Crippen molar-refractivity contribution in [3.8, 4) is 22.5 Å². The molecule has 6 heterocycles. The van der Waals surface area contributed by atoms with E-state index in [0.717, 1.165) is 73.5 Å². The van der Waals surface area contributed by atoms with Crippen LogP contribution in [0.2, 0.25) is 5.02 Å². The number of piperidine rings is 2. The van der Waals surface area contributed by atoms with Gasteiger partial charge in [0, 0.05) is 59.0 Å². The van der Waals surface area contributed by atoms with Crippen LogP contribution in [0.15, 0.2) is 73.3 Å². The highest BCUT2D eigenvalue weighted by Crippen LogP contribution is 2.52. The van der Waals surface area contributed by atoms with Crippen LogP contribution in [0.4, 0.5) is 11.6 Å². The second-order valence-corrected chi connectivity index (χ2v) is 14.6. The zero-order valence-electron chi connectivity index (χ0n) is 28.4. The third-order valence-corrected chi connectivity index (χ3v) is 11.0. The summed E-state index contributed by atoms with van der Waals surface area (Å²) in [4.78, 5) is 33.5. The lowest BCUT2D eigenvalue weighted by molar-refractivity contribution is 0.0956. The minimum Gasteiger partial charge on any atom is -0.364 e. The van der Waals surface area contributed by atoms with Gasteiger partial charge in [-0.15, -0.1) is 0 Å². The average Bonchev–Trinajstić information content (AvgIpc) is 3.47. The van der Waals surface area contributed by atoms with Crippen molar-refractivity contribution in [1.82, 2.24) is 44.8 Å². The van der Waals surface area contributed by atoms with Gasteiger partial charge in [-0.2, -0.15) is 0 Å². The number of hydrogen-bond donors (Lipinski definition) is 5. The number of amides is 1. The van der Waals surface area contributed by atoms with Crippen molar-refractivity contribution in [3.05, 3.63) is 95.3 Å². The SMILES string of the molecule is Cc1cccc(-c2cnc(NNC(=O)c3cnc(NC4CC45CCCNC5)c4nc(-c5ccc(Cl)cc5)cn34)c3nc([C@H]4CCCNC4)cn23)c1. The number of rotatable bonds is 8. The molecule has 1 amide bonds. The fourth-order valence-corrected chi connectivity index (χ4v) is 7.89. The predicted molar refractivity (Wildman–Crippen MR) is 199 cm³/mol. The van der Waals surface area contributed by atoms with Crippen LogP contribution in [-0.2, 0) is 0 Å². The molecule has 1 aliphatic carbocycles. The Balaban J connectivity index is 1.04. The molecule has 9 rings (SSSR count). The molecule has 1 saturated carbocycles.